The summed E-state index contributed by atoms with van der Waals surface area (Å²) in [5.41, 5.74) is 7.72. The molecule has 0 spiro atoms. The Balaban J connectivity index is 2.19. The predicted molar refractivity (Wildman–Crippen MR) is 85.0 cm³/mol. The second-order valence-corrected chi connectivity index (χ2v) is 5.60. The highest BCUT2D eigenvalue weighted by atomic mass is 35.5. The van der Waals surface area contributed by atoms with Gasteiger partial charge in [-0.1, -0.05) is 11.6 Å². The summed E-state index contributed by atoms with van der Waals surface area (Å²) in [6, 6.07) is 11.2. The van der Waals surface area contributed by atoms with Gasteiger partial charge in [0.1, 0.15) is 11.5 Å². The van der Waals surface area contributed by atoms with E-state index in [1.807, 2.05) is 30.3 Å². The van der Waals surface area contributed by atoms with E-state index in [1.54, 1.807) is 32.0 Å². The molecule has 0 heterocycles. The van der Waals surface area contributed by atoms with Crippen LogP contribution in [0.2, 0.25) is 5.02 Å². The quantitative estimate of drug-likeness (QED) is 0.663. The second-order valence-electron chi connectivity index (χ2n) is 4.15. The van der Waals surface area contributed by atoms with E-state index in [0.717, 1.165) is 33.4 Å². The number of rotatable bonds is 5. The first-order valence-electron chi connectivity index (χ1n) is 6.02. The van der Waals surface area contributed by atoms with E-state index >= 15 is 0 Å². The lowest BCUT2D eigenvalue weighted by Crippen LogP contribution is -1.93. The Morgan fingerprint density at radius 1 is 1.10 bits per heavy atom. The summed E-state index contributed by atoms with van der Waals surface area (Å²) in [5.74, 6) is 2.37. The lowest BCUT2D eigenvalue weighted by atomic mass is 10.2. The third-order valence-electron chi connectivity index (χ3n) is 2.85. The van der Waals surface area contributed by atoms with E-state index in [0.29, 0.717) is 5.02 Å². The third-order valence-corrected chi connectivity index (χ3v) is 4.20. The zero-order chi connectivity index (χ0) is 14.5. The average Bonchev–Trinajstić information content (AvgIpc) is 2.47. The zero-order valence-corrected chi connectivity index (χ0v) is 12.9. The van der Waals surface area contributed by atoms with Gasteiger partial charge in [-0.05, 0) is 36.4 Å². The van der Waals surface area contributed by atoms with Gasteiger partial charge < -0.3 is 15.2 Å². The standard InChI is InChI=1S/C15H16ClNO2S/c1-18-12-4-6-14(19-2)10(7-12)9-20-15-8-11(16)3-5-13(15)17/h3-8H,9,17H2,1-2H3. The van der Waals surface area contributed by atoms with Crippen molar-refractivity contribution in [2.75, 3.05) is 20.0 Å². The lowest BCUT2D eigenvalue weighted by Gasteiger charge is -2.11. The van der Waals surface area contributed by atoms with Gasteiger partial charge >= 0.3 is 0 Å². The number of benzene rings is 2. The Bertz CT molecular complexity index is 604. The number of nitrogens with two attached hydrogens (primary N) is 1. The molecule has 2 rings (SSSR count). The molecule has 2 N–H and O–H groups in total. The molecule has 0 atom stereocenters. The maximum absolute atomic E-state index is 5.99. The molecule has 20 heavy (non-hydrogen) atoms. The van der Waals surface area contributed by atoms with Crippen LogP contribution in [-0.2, 0) is 5.75 Å². The molecule has 0 aliphatic rings. The minimum atomic E-state index is 0.680. The fraction of sp³-hybridized carbons (Fsp3) is 0.200. The Kier molecular flexibility index (Phi) is 5.04. The summed E-state index contributed by atoms with van der Waals surface area (Å²) in [7, 11) is 3.30. The van der Waals surface area contributed by atoms with E-state index < -0.39 is 0 Å². The van der Waals surface area contributed by atoms with E-state index in [2.05, 4.69) is 0 Å². The van der Waals surface area contributed by atoms with Gasteiger partial charge in [-0.25, -0.2) is 0 Å². The molecule has 0 aliphatic carbocycles. The Labute approximate surface area is 128 Å². The molecule has 3 nitrogen and oxygen atoms in total. The van der Waals surface area contributed by atoms with Gasteiger partial charge in [0, 0.05) is 26.9 Å². The van der Waals surface area contributed by atoms with E-state index in [-0.39, 0.29) is 0 Å². The minimum absolute atomic E-state index is 0.680. The van der Waals surface area contributed by atoms with Gasteiger partial charge in [0.05, 0.1) is 14.2 Å². The van der Waals surface area contributed by atoms with Crippen LogP contribution in [0, 0.1) is 0 Å². The summed E-state index contributed by atoms with van der Waals surface area (Å²) in [4.78, 5) is 0.961. The Hall–Kier alpha value is -1.52. The van der Waals surface area contributed by atoms with Crippen LogP contribution < -0.4 is 15.2 Å². The SMILES string of the molecule is COc1ccc(OC)c(CSc2cc(Cl)ccc2N)c1. The van der Waals surface area contributed by atoms with Crippen molar-refractivity contribution >= 4 is 29.1 Å². The summed E-state index contributed by atoms with van der Waals surface area (Å²) in [6.07, 6.45) is 0. The summed E-state index contributed by atoms with van der Waals surface area (Å²) in [5, 5.41) is 0.680. The number of hydrogen-bond donors (Lipinski definition) is 1. The second kappa shape index (κ2) is 6.77. The molecule has 0 bridgehead atoms. The van der Waals surface area contributed by atoms with Crippen molar-refractivity contribution < 1.29 is 9.47 Å². The van der Waals surface area contributed by atoms with Crippen LogP contribution in [0.1, 0.15) is 5.56 Å². The molecular formula is C15H16ClNO2S. The molecule has 0 saturated carbocycles. The van der Waals surface area contributed by atoms with Crippen LogP contribution in [0.4, 0.5) is 5.69 Å². The first-order chi connectivity index (χ1) is 9.63. The van der Waals surface area contributed by atoms with Gasteiger partial charge in [0.25, 0.3) is 0 Å². The van der Waals surface area contributed by atoms with Gasteiger partial charge in [0.15, 0.2) is 0 Å². The van der Waals surface area contributed by atoms with Crippen LogP contribution in [-0.4, -0.2) is 14.2 Å². The van der Waals surface area contributed by atoms with Crippen molar-refractivity contribution in [3.05, 3.63) is 47.0 Å². The summed E-state index contributed by atoms with van der Waals surface area (Å²) in [6.45, 7) is 0. The van der Waals surface area contributed by atoms with E-state index in [1.165, 1.54) is 0 Å². The smallest absolute Gasteiger partial charge is 0.123 e. The predicted octanol–water partition coefficient (Wildman–Crippen LogP) is 4.23. The van der Waals surface area contributed by atoms with Crippen molar-refractivity contribution in [2.45, 2.75) is 10.6 Å². The normalized spacial score (nSPS) is 10.3. The average molecular weight is 310 g/mol. The van der Waals surface area contributed by atoms with Crippen molar-refractivity contribution in [3.8, 4) is 11.5 Å². The van der Waals surface area contributed by atoms with Crippen LogP contribution in [0.3, 0.4) is 0 Å². The van der Waals surface area contributed by atoms with Crippen LogP contribution in [0.15, 0.2) is 41.3 Å². The number of ether oxygens (including phenoxy) is 2. The molecule has 0 amide bonds. The van der Waals surface area contributed by atoms with Crippen molar-refractivity contribution in [2.24, 2.45) is 0 Å². The largest absolute Gasteiger partial charge is 0.497 e. The highest BCUT2D eigenvalue weighted by Crippen LogP contribution is 2.34. The number of methoxy groups -OCH3 is 2. The number of anilines is 1. The zero-order valence-electron chi connectivity index (χ0n) is 11.4. The van der Waals surface area contributed by atoms with Crippen LogP contribution in [0.5, 0.6) is 11.5 Å². The van der Waals surface area contributed by atoms with Gasteiger partial charge in [-0.2, -0.15) is 0 Å². The van der Waals surface area contributed by atoms with E-state index in [4.69, 9.17) is 26.8 Å². The van der Waals surface area contributed by atoms with Crippen LogP contribution in [0.25, 0.3) is 0 Å². The maximum Gasteiger partial charge on any atom is 0.123 e. The van der Waals surface area contributed by atoms with Crippen molar-refractivity contribution in [3.63, 3.8) is 0 Å². The molecule has 5 heteroatoms. The molecule has 2 aromatic rings. The molecule has 0 fully saturated rings. The molecule has 106 valence electrons. The Morgan fingerprint density at radius 2 is 1.90 bits per heavy atom. The van der Waals surface area contributed by atoms with Crippen molar-refractivity contribution in [1.29, 1.82) is 0 Å². The van der Waals surface area contributed by atoms with E-state index in [9.17, 15) is 0 Å². The van der Waals surface area contributed by atoms with Crippen LogP contribution >= 0.6 is 23.4 Å². The third kappa shape index (κ3) is 3.52. The minimum Gasteiger partial charge on any atom is -0.497 e. The highest BCUT2D eigenvalue weighted by Gasteiger charge is 2.08. The molecule has 2 aromatic carbocycles. The van der Waals surface area contributed by atoms with Gasteiger partial charge in [0.2, 0.25) is 0 Å². The summed E-state index contributed by atoms with van der Waals surface area (Å²) < 4.78 is 10.6. The number of thioether (sulfide) groups is 1. The highest BCUT2D eigenvalue weighted by molar-refractivity contribution is 7.98. The van der Waals surface area contributed by atoms with Gasteiger partial charge in [-0.15, -0.1) is 11.8 Å². The number of nitrogen functional groups attached to an aromatic ring is 1. The molecular weight excluding hydrogens is 294 g/mol. The maximum atomic E-state index is 5.99. The summed E-state index contributed by atoms with van der Waals surface area (Å²) >= 11 is 7.61. The monoisotopic (exact) mass is 309 g/mol. The first kappa shape index (κ1) is 14.9. The molecule has 0 radical (unpaired) electrons. The topological polar surface area (TPSA) is 44.5 Å². The van der Waals surface area contributed by atoms with Gasteiger partial charge in [-0.3, -0.25) is 0 Å². The molecule has 0 aromatic heterocycles. The molecule has 0 aliphatic heterocycles. The first-order valence-corrected chi connectivity index (χ1v) is 7.39. The molecule has 0 saturated heterocycles. The molecule has 0 unspecified atom stereocenters. The Morgan fingerprint density at radius 3 is 2.60 bits per heavy atom. The fourth-order valence-electron chi connectivity index (χ4n) is 1.78. The number of hydrogen-bond acceptors (Lipinski definition) is 4. The lowest BCUT2D eigenvalue weighted by molar-refractivity contribution is 0.400. The van der Waals surface area contributed by atoms with Crippen molar-refractivity contribution in [1.82, 2.24) is 0 Å². The number of halogens is 1. The fourth-order valence-corrected chi connectivity index (χ4v) is 3.00.